The number of benzene rings is 2. The normalized spacial score (nSPS) is 13.6. The van der Waals surface area contributed by atoms with Crippen LogP contribution in [-0.4, -0.2) is 57.6 Å². The smallest absolute Gasteiger partial charge is 0.323 e. The van der Waals surface area contributed by atoms with E-state index in [1.807, 2.05) is 4.90 Å². The topological polar surface area (TPSA) is 123 Å². The van der Waals surface area contributed by atoms with Crippen LogP contribution in [0.1, 0.15) is 41.9 Å². The summed E-state index contributed by atoms with van der Waals surface area (Å²) in [4.78, 5) is 28.2. The van der Waals surface area contributed by atoms with Gasteiger partial charge in [0.25, 0.3) is 5.91 Å². The van der Waals surface area contributed by atoms with Crippen LogP contribution in [0.2, 0.25) is 0 Å². The number of rotatable bonds is 6. The van der Waals surface area contributed by atoms with Gasteiger partial charge < -0.3 is 15.1 Å². The number of nitrogens with zero attached hydrogens (tertiary/aromatic N) is 5. The van der Waals surface area contributed by atoms with Gasteiger partial charge >= 0.3 is 5.97 Å². The molecule has 0 unspecified atom stereocenters. The third-order valence-corrected chi connectivity index (χ3v) is 5.98. The predicted molar refractivity (Wildman–Crippen MR) is 133 cm³/mol. The van der Waals surface area contributed by atoms with Gasteiger partial charge in [0.1, 0.15) is 18.4 Å². The molecular weight excluding hydrogens is 465 g/mol. The summed E-state index contributed by atoms with van der Waals surface area (Å²) >= 11 is 0. The molecule has 0 bridgehead atoms. The van der Waals surface area contributed by atoms with Crippen LogP contribution in [0.3, 0.4) is 0 Å². The first-order chi connectivity index (χ1) is 16.8. The quantitative estimate of drug-likeness (QED) is 0.539. The maximum Gasteiger partial charge on any atom is 0.323 e. The largest absolute Gasteiger partial charge is 0.480 e. The maximum atomic E-state index is 13.5. The Kier molecular flexibility index (Phi) is 8.07. The number of amides is 1. The van der Waals surface area contributed by atoms with Crippen molar-refractivity contribution in [2.75, 3.05) is 29.4 Å². The molecule has 1 aliphatic rings. The molecule has 0 radical (unpaired) electrons. The lowest BCUT2D eigenvalue weighted by Gasteiger charge is -2.32. The fourth-order valence-electron chi connectivity index (χ4n) is 4.12. The van der Waals surface area contributed by atoms with Crippen molar-refractivity contribution in [2.24, 2.45) is 0 Å². The Hall–Kier alpha value is -4.23. The summed E-state index contributed by atoms with van der Waals surface area (Å²) in [5.74, 6) is -2.20. The third kappa shape index (κ3) is 5.53. The number of carbonyl (C=O) groups is 2. The van der Waals surface area contributed by atoms with Crippen LogP contribution in [0.5, 0.6) is 0 Å². The number of nitriles is 1. The van der Waals surface area contributed by atoms with Crippen LogP contribution >= 0.6 is 0 Å². The van der Waals surface area contributed by atoms with Gasteiger partial charge in [-0.05, 0) is 62.2 Å². The van der Waals surface area contributed by atoms with Crippen LogP contribution in [0.15, 0.2) is 48.7 Å². The Balaban J connectivity index is 0.00000361. The fourth-order valence-corrected chi connectivity index (χ4v) is 4.12. The number of carboxylic acid groups (broad SMARTS) is 1. The van der Waals surface area contributed by atoms with E-state index in [4.69, 9.17) is 0 Å². The Morgan fingerprint density at radius 1 is 1.19 bits per heavy atom. The molecule has 2 N–H and O–H groups in total. The number of aliphatic hydroxyl groups excluding tert-OH is 1. The summed E-state index contributed by atoms with van der Waals surface area (Å²) in [7, 11) is 0. The standard InChI is InChI=1S/C25H24FN5O4.CH4/c1-16-22(14-31(28-16)19-4-2-18(26)3-5-19)25(35)30(15-24(33)34)20-6-7-23(17(12-20)13-27)29-10-8-21(32)9-11-29;/h2-7,12,14,21,32H,8-11,15H2,1H3,(H,33,34);1H4. The minimum Gasteiger partial charge on any atom is -0.480 e. The molecule has 1 aliphatic heterocycles. The molecule has 3 aromatic rings. The molecule has 2 aromatic carbocycles. The number of anilines is 2. The SMILES string of the molecule is C.Cc1nn(-c2ccc(F)cc2)cc1C(=O)N(CC(=O)O)c1ccc(N2CCC(O)CC2)c(C#N)c1. The second-order valence-corrected chi connectivity index (χ2v) is 8.37. The fraction of sp³-hybridized carbons (Fsp3) is 0.308. The first kappa shape index (κ1) is 26.4. The number of carbonyl (C=O) groups excluding carboxylic acids is 1. The predicted octanol–water partition coefficient (Wildman–Crippen LogP) is 3.52. The van der Waals surface area contributed by atoms with Gasteiger partial charge in [-0.15, -0.1) is 0 Å². The van der Waals surface area contributed by atoms with Crippen molar-refractivity contribution in [1.29, 1.82) is 5.26 Å². The van der Waals surface area contributed by atoms with Crippen molar-refractivity contribution in [3.8, 4) is 11.8 Å². The first-order valence-corrected chi connectivity index (χ1v) is 11.1. The molecule has 36 heavy (non-hydrogen) atoms. The van der Waals surface area contributed by atoms with Crippen LogP contribution in [0, 0.1) is 24.1 Å². The molecule has 10 heteroatoms. The summed E-state index contributed by atoms with van der Waals surface area (Å²) in [6.45, 7) is 2.20. The summed E-state index contributed by atoms with van der Waals surface area (Å²) in [5, 5.41) is 33.3. The van der Waals surface area contributed by atoms with Gasteiger partial charge in [0.2, 0.25) is 0 Å². The van der Waals surface area contributed by atoms with Crippen molar-refractivity contribution in [3.63, 3.8) is 0 Å². The summed E-state index contributed by atoms with van der Waals surface area (Å²) < 4.78 is 14.7. The molecule has 1 saturated heterocycles. The van der Waals surface area contributed by atoms with E-state index in [1.54, 1.807) is 19.1 Å². The third-order valence-electron chi connectivity index (χ3n) is 5.98. The minimum absolute atomic E-state index is 0. The summed E-state index contributed by atoms with van der Waals surface area (Å²) in [6, 6.07) is 12.5. The lowest BCUT2D eigenvalue weighted by atomic mass is 10.0. The van der Waals surface area contributed by atoms with E-state index in [0.717, 1.165) is 4.90 Å². The van der Waals surface area contributed by atoms with Crippen LogP contribution < -0.4 is 9.80 Å². The molecular formula is C26H28FN5O4. The number of aryl methyl sites for hydroxylation is 1. The number of aromatic nitrogens is 2. The molecule has 4 rings (SSSR count). The zero-order chi connectivity index (χ0) is 25.1. The van der Waals surface area contributed by atoms with E-state index < -0.39 is 24.2 Å². The van der Waals surface area contributed by atoms with Gasteiger partial charge in [0, 0.05) is 25.0 Å². The molecule has 0 spiro atoms. The van der Waals surface area contributed by atoms with Gasteiger partial charge in [-0.1, -0.05) is 7.43 Å². The number of carboxylic acids is 1. The highest BCUT2D eigenvalue weighted by molar-refractivity contribution is 6.09. The van der Waals surface area contributed by atoms with Crippen molar-refractivity contribution in [3.05, 3.63) is 71.3 Å². The van der Waals surface area contributed by atoms with Gasteiger partial charge in [0.05, 0.1) is 34.3 Å². The number of aliphatic carboxylic acids is 1. The number of hydrogen-bond donors (Lipinski definition) is 2. The van der Waals surface area contributed by atoms with Crippen LogP contribution in [-0.2, 0) is 4.79 Å². The van der Waals surface area contributed by atoms with E-state index in [2.05, 4.69) is 11.2 Å². The molecule has 0 atom stereocenters. The Morgan fingerprint density at radius 3 is 2.47 bits per heavy atom. The monoisotopic (exact) mass is 493 g/mol. The summed E-state index contributed by atoms with van der Waals surface area (Å²) in [6.07, 6.45) is 2.29. The molecule has 9 nitrogen and oxygen atoms in total. The average Bonchev–Trinajstić information content (AvgIpc) is 3.24. The van der Waals surface area contributed by atoms with E-state index in [9.17, 15) is 29.5 Å². The molecule has 2 heterocycles. The first-order valence-electron chi connectivity index (χ1n) is 11.1. The van der Waals surface area contributed by atoms with Crippen LogP contribution in [0.25, 0.3) is 5.69 Å². The molecule has 1 fully saturated rings. The molecule has 188 valence electrons. The zero-order valence-electron chi connectivity index (χ0n) is 19.1. The van der Waals surface area contributed by atoms with Gasteiger partial charge in [-0.25, -0.2) is 9.07 Å². The van der Waals surface area contributed by atoms with Gasteiger partial charge in [-0.2, -0.15) is 10.4 Å². The van der Waals surface area contributed by atoms with E-state index >= 15 is 0 Å². The number of aliphatic hydroxyl groups is 1. The number of piperidine rings is 1. The Morgan fingerprint density at radius 2 is 1.86 bits per heavy atom. The minimum atomic E-state index is -1.21. The highest BCUT2D eigenvalue weighted by atomic mass is 19.1. The van der Waals surface area contributed by atoms with Gasteiger partial charge in [-0.3, -0.25) is 14.5 Å². The number of hydrogen-bond acceptors (Lipinski definition) is 6. The lowest BCUT2D eigenvalue weighted by molar-refractivity contribution is -0.135. The zero-order valence-corrected chi connectivity index (χ0v) is 19.1. The molecule has 1 amide bonds. The Labute approximate surface area is 208 Å². The second-order valence-electron chi connectivity index (χ2n) is 8.37. The van der Waals surface area contributed by atoms with Crippen LogP contribution in [0.4, 0.5) is 15.8 Å². The van der Waals surface area contributed by atoms with E-state index in [0.29, 0.717) is 48.6 Å². The highest BCUT2D eigenvalue weighted by Gasteiger charge is 2.26. The lowest BCUT2D eigenvalue weighted by Crippen LogP contribution is -2.37. The Bertz CT molecular complexity index is 1290. The van der Waals surface area contributed by atoms with Gasteiger partial charge in [0.15, 0.2) is 0 Å². The van der Waals surface area contributed by atoms with Crippen molar-refractivity contribution in [1.82, 2.24) is 9.78 Å². The van der Waals surface area contributed by atoms with E-state index in [1.165, 1.54) is 41.2 Å². The van der Waals surface area contributed by atoms with E-state index in [-0.39, 0.29) is 24.8 Å². The maximum absolute atomic E-state index is 13.5. The number of halogens is 1. The second kappa shape index (κ2) is 11.0. The molecule has 0 saturated carbocycles. The van der Waals surface area contributed by atoms with Crippen molar-refractivity contribution in [2.45, 2.75) is 33.3 Å². The van der Waals surface area contributed by atoms with Crippen molar-refractivity contribution >= 4 is 23.3 Å². The highest BCUT2D eigenvalue weighted by Crippen LogP contribution is 2.29. The molecule has 1 aromatic heterocycles. The molecule has 0 aliphatic carbocycles. The average molecular weight is 494 g/mol. The van der Waals surface area contributed by atoms with Crippen molar-refractivity contribution < 1.29 is 24.2 Å². The summed E-state index contributed by atoms with van der Waals surface area (Å²) in [5.41, 5.74) is 2.35.